The maximum absolute atomic E-state index is 10.2. The van der Waals surface area contributed by atoms with Crippen molar-refractivity contribution in [3.63, 3.8) is 0 Å². The number of aryl methyl sites for hydroxylation is 2. The maximum Gasteiger partial charge on any atom is 0.214 e. The molecule has 1 saturated heterocycles. The Kier molecular flexibility index (Phi) is 4.31. The molecule has 0 amide bonds. The standard InChI is InChI=1S/C20H26N2O2/c1-14-12-17-15-6-4-7-16(15)20(23)21-18(17)13-19(14)24-11-5-10-22-8-2-3-9-22/h12-13H,2-11H2,1H3,(H,21,23). The van der Waals surface area contributed by atoms with Gasteiger partial charge < -0.3 is 14.7 Å². The zero-order chi connectivity index (χ0) is 16.5. The highest BCUT2D eigenvalue weighted by Gasteiger charge is 2.20. The molecule has 2 aliphatic rings. The Morgan fingerprint density at radius 3 is 2.75 bits per heavy atom. The molecule has 1 aliphatic heterocycles. The molecule has 0 spiro atoms. The van der Waals surface area contributed by atoms with Gasteiger partial charge in [-0.1, -0.05) is 0 Å². The third-order valence-electron chi connectivity index (χ3n) is 5.41. The molecule has 4 rings (SSSR count). The predicted molar refractivity (Wildman–Crippen MR) is 96.0 cm³/mol. The lowest BCUT2D eigenvalue weighted by molar-refractivity contribution is 0.262. The van der Waals surface area contributed by atoms with Gasteiger partial charge >= 0.3 is 0 Å². The number of ether oxygens (including phenoxy) is 1. The van der Waals surface area contributed by atoms with E-state index in [0.29, 0.717) is 0 Å². The molecule has 4 heteroatoms. The van der Waals surface area contributed by atoms with Crippen molar-refractivity contribution in [2.45, 2.75) is 45.4 Å². The van der Waals surface area contributed by atoms with Crippen LogP contribution in [0.2, 0.25) is 0 Å². The summed E-state index contributed by atoms with van der Waals surface area (Å²) >= 11 is 0. The second-order valence-corrected chi connectivity index (χ2v) is 7.13. The first-order chi connectivity index (χ1) is 11.7. The second kappa shape index (κ2) is 6.60. The Hall–Kier alpha value is -1.81. The Bertz CT molecular complexity index is 751. The topological polar surface area (TPSA) is 45.6 Å². The smallest absolute Gasteiger partial charge is 0.214 e. The first-order valence-corrected chi connectivity index (χ1v) is 9.22. The lowest BCUT2D eigenvalue weighted by Crippen LogP contribution is -2.21. The molecule has 0 saturated carbocycles. The molecule has 1 aromatic heterocycles. The van der Waals surface area contributed by atoms with Gasteiger partial charge in [-0.05, 0) is 75.7 Å². The zero-order valence-corrected chi connectivity index (χ0v) is 14.5. The zero-order valence-electron chi connectivity index (χ0n) is 14.5. The highest BCUT2D eigenvalue weighted by molar-refractivity contribution is 5.87. The van der Waals surface area contributed by atoms with Crippen LogP contribution in [0.25, 0.3) is 10.9 Å². The molecule has 1 N–H and O–H groups in total. The first-order valence-electron chi connectivity index (χ1n) is 9.22. The summed E-state index contributed by atoms with van der Waals surface area (Å²) in [5, 5.41) is 11.4. The quantitative estimate of drug-likeness (QED) is 0.853. The molecule has 1 fully saturated rings. The second-order valence-electron chi connectivity index (χ2n) is 7.13. The van der Waals surface area contributed by atoms with Gasteiger partial charge in [0.2, 0.25) is 5.88 Å². The number of likely N-dealkylation sites (tertiary alicyclic amines) is 1. The monoisotopic (exact) mass is 326 g/mol. The molecule has 0 atom stereocenters. The van der Waals surface area contributed by atoms with Gasteiger partial charge in [0.15, 0.2) is 0 Å². The summed E-state index contributed by atoms with van der Waals surface area (Å²) in [5.74, 6) is 1.10. The van der Waals surface area contributed by atoms with Crippen molar-refractivity contribution in [3.8, 4) is 11.6 Å². The first kappa shape index (κ1) is 15.7. The largest absolute Gasteiger partial charge is 0.493 e. The number of benzene rings is 1. The Labute approximate surface area is 143 Å². The summed E-state index contributed by atoms with van der Waals surface area (Å²) in [6, 6.07) is 4.18. The molecule has 2 aromatic rings. The van der Waals surface area contributed by atoms with Crippen LogP contribution in [0.5, 0.6) is 11.6 Å². The van der Waals surface area contributed by atoms with E-state index in [1.807, 2.05) is 6.07 Å². The SMILES string of the molecule is Cc1cc2c3c(c(O)nc2cc1OCCCN1CCCC1)CCC3. The number of nitrogens with zero attached hydrogens (tertiary/aromatic N) is 2. The van der Waals surface area contributed by atoms with Gasteiger partial charge in [-0.15, -0.1) is 0 Å². The summed E-state index contributed by atoms with van der Waals surface area (Å²) in [6.45, 7) is 6.44. The van der Waals surface area contributed by atoms with E-state index < -0.39 is 0 Å². The summed E-state index contributed by atoms with van der Waals surface area (Å²) < 4.78 is 6.02. The molecule has 4 nitrogen and oxygen atoms in total. The van der Waals surface area contributed by atoms with Crippen molar-refractivity contribution in [3.05, 3.63) is 28.8 Å². The third-order valence-corrected chi connectivity index (χ3v) is 5.41. The molecular formula is C20H26N2O2. The molecule has 1 aliphatic carbocycles. The number of pyridine rings is 1. The highest BCUT2D eigenvalue weighted by atomic mass is 16.5. The fourth-order valence-electron chi connectivity index (χ4n) is 4.11. The van der Waals surface area contributed by atoms with Gasteiger partial charge in [-0.25, -0.2) is 4.98 Å². The lowest BCUT2D eigenvalue weighted by atomic mass is 10.0. The van der Waals surface area contributed by atoms with Crippen molar-refractivity contribution in [1.29, 1.82) is 0 Å². The normalized spacial score (nSPS) is 17.5. The van der Waals surface area contributed by atoms with Crippen LogP contribution in [0.3, 0.4) is 0 Å². The maximum atomic E-state index is 10.2. The van der Waals surface area contributed by atoms with Gasteiger partial charge in [0.25, 0.3) is 0 Å². The number of aromatic hydroxyl groups is 1. The predicted octanol–water partition coefficient (Wildman–Crippen LogP) is 3.60. The van der Waals surface area contributed by atoms with Crippen molar-refractivity contribution >= 4 is 10.9 Å². The summed E-state index contributed by atoms with van der Waals surface area (Å²) in [4.78, 5) is 6.92. The Balaban J connectivity index is 1.49. The van der Waals surface area contributed by atoms with Crippen LogP contribution in [0, 0.1) is 6.92 Å². The molecular weight excluding hydrogens is 300 g/mol. The van der Waals surface area contributed by atoms with Gasteiger partial charge in [-0.2, -0.15) is 0 Å². The van der Waals surface area contributed by atoms with Crippen LogP contribution in [-0.4, -0.2) is 41.2 Å². The van der Waals surface area contributed by atoms with Crippen LogP contribution in [0.1, 0.15) is 42.4 Å². The molecule has 1 aromatic carbocycles. The Morgan fingerprint density at radius 1 is 1.12 bits per heavy atom. The van der Waals surface area contributed by atoms with Gasteiger partial charge in [0.1, 0.15) is 5.75 Å². The van der Waals surface area contributed by atoms with E-state index in [1.165, 1.54) is 36.9 Å². The average Bonchev–Trinajstić information content (AvgIpc) is 3.24. The minimum Gasteiger partial charge on any atom is -0.493 e. The van der Waals surface area contributed by atoms with Crippen molar-refractivity contribution in [1.82, 2.24) is 9.88 Å². The van der Waals surface area contributed by atoms with E-state index in [9.17, 15) is 5.11 Å². The summed E-state index contributed by atoms with van der Waals surface area (Å²) in [7, 11) is 0. The molecule has 0 unspecified atom stereocenters. The number of hydrogen-bond acceptors (Lipinski definition) is 4. The van der Waals surface area contributed by atoms with Crippen molar-refractivity contribution < 1.29 is 9.84 Å². The number of fused-ring (bicyclic) bond motifs is 3. The number of aromatic nitrogens is 1. The number of rotatable bonds is 5. The lowest BCUT2D eigenvalue weighted by Gasteiger charge is -2.16. The van der Waals surface area contributed by atoms with Crippen LogP contribution in [0.15, 0.2) is 12.1 Å². The van der Waals surface area contributed by atoms with Crippen molar-refractivity contribution in [2.24, 2.45) is 0 Å². The van der Waals surface area contributed by atoms with E-state index >= 15 is 0 Å². The minimum absolute atomic E-state index is 0.207. The fourth-order valence-corrected chi connectivity index (χ4v) is 4.11. The summed E-state index contributed by atoms with van der Waals surface area (Å²) in [6.07, 6.45) is 6.82. The molecule has 24 heavy (non-hydrogen) atoms. The van der Waals surface area contributed by atoms with Gasteiger partial charge in [0.05, 0.1) is 12.1 Å². The minimum atomic E-state index is 0.207. The van der Waals surface area contributed by atoms with Crippen LogP contribution in [-0.2, 0) is 12.8 Å². The van der Waals surface area contributed by atoms with E-state index in [-0.39, 0.29) is 5.88 Å². The van der Waals surface area contributed by atoms with Crippen molar-refractivity contribution in [2.75, 3.05) is 26.2 Å². The number of hydrogen-bond donors (Lipinski definition) is 1. The van der Waals surface area contributed by atoms with E-state index in [0.717, 1.165) is 61.2 Å². The Morgan fingerprint density at radius 2 is 1.92 bits per heavy atom. The molecule has 2 heterocycles. The van der Waals surface area contributed by atoms with E-state index in [2.05, 4.69) is 22.9 Å². The average molecular weight is 326 g/mol. The highest BCUT2D eigenvalue weighted by Crippen LogP contribution is 2.36. The third kappa shape index (κ3) is 2.95. The fraction of sp³-hybridized carbons (Fsp3) is 0.550. The van der Waals surface area contributed by atoms with Gasteiger partial charge in [-0.3, -0.25) is 0 Å². The van der Waals surface area contributed by atoms with Crippen LogP contribution in [0.4, 0.5) is 0 Å². The molecule has 128 valence electrons. The van der Waals surface area contributed by atoms with Gasteiger partial charge in [0, 0.05) is 23.6 Å². The van der Waals surface area contributed by atoms with E-state index in [1.54, 1.807) is 0 Å². The molecule has 0 radical (unpaired) electrons. The van der Waals surface area contributed by atoms with Crippen LogP contribution < -0.4 is 4.74 Å². The van der Waals surface area contributed by atoms with E-state index in [4.69, 9.17) is 4.74 Å². The molecule has 0 bridgehead atoms. The van der Waals surface area contributed by atoms with Crippen LogP contribution >= 0.6 is 0 Å². The summed E-state index contributed by atoms with van der Waals surface area (Å²) in [5.41, 5.74) is 4.33.